The lowest BCUT2D eigenvalue weighted by atomic mass is 9.98. The molecule has 1 aromatic heterocycles. The van der Waals surface area contributed by atoms with Gasteiger partial charge in [-0.25, -0.2) is 4.68 Å². The van der Waals surface area contributed by atoms with Gasteiger partial charge < -0.3 is 10.8 Å². The second-order valence-electron chi connectivity index (χ2n) is 3.89. The van der Waals surface area contributed by atoms with Crippen molar-refractivity contribution < 1.29 is 5.11 Å². The third kappa shape index (κ3) is 1.47. The van der Waals surface area contributed by atoms with E-state index in [9.17, 15) is 5.11 Å². The van der Waals surface area contributed by atoms with Gasteiger partial charge in [-0.1, -0.05) is 5.21 Å². The highest BCUT2D eigenvalue weighted by molar-refractivity contribution is 9.10. The van der Waals surface area contributed by atoms with E-state index in [0.29, 0.717) is 17.4 Å². The summed E-state index contributed by atoms with van der Waals surface area (Å²) in [5.74, 6) is 0. The third-order valence-electron chi connectivity index (χ3n) is 2.76. The lowest BCUT2D eigenvalue weighted by Gasteiger charge is -2.22. The van der Waals surface area contributed by atoms with E-state index in [1.165, 1.54) is 0 Å². The molecule has 2 rings (SSSR count). The Morgan fingerprint density at radius 2 is 2.43 bits per heavy atom. The SMILES string of the molecule is Cn1nnc(Br)c1C1(O)CCC(N)C1. The smallest absolute Gasteiger partial charge is 0.154 e. The number of hydrogen-bond acceptors (Lipinski definition) is 4. The number of aromatic nitrogens is 3. The number of rotatable bonds is 1. The predicted molar refractivity (Wildman–Crippen MR) is 54.4 cm³/mol. The molecule has 1 saturated carbocycles. The fraction of sp³-hybridized carbons (Fsp3) is 0.750. The summed E-state index contributed by atoms with van der Waals surface area (Å²) in [4.78, 5) is 0. The third-order valence-corrected chi connectivity index (χ3v) is 3.29. The highest BCUT2D eigenvalue weighted by Gasteiger charge is 2.41. The first-order chi connectivity index (χ1) is 6.53. The molecule has 14 heavy (non-hydrogen) atoms. The van der Waals surface area contributed by atoms with Crippen molar-refractivity contribution in [2.75, 3.05) is 0 Å². The van der Waals surface area contributed by atoms with Crippen molar-refractivity contribution in [3.05, 3.63) is 10.3 Å². The van der Waals surface area contributed by atoms with Gasteiger partial charge in [0.1, 0.15) is 11.3 Å². The molecule has 0 saturated heterocycles. The number of hydrogen-bond donors (Lipinski definition) is 2. The minimum atomic E-state index is -0.865. The fourth-order valence-corrected chi connectivity index (χ4v) is 2.80. The molecule has 0 amide bonds. The molecule has 0 aromatic carbocycles. The van der Waals surface area contributed by atoms with E-state index in [2.05, 4.69) is 26.2 Å². The summed E-state index contributed by atoms with van der Waals surface area (Å²) < 4.78 is 2.21. The van der Waals surface area contributed by atoms with Gasteiger partial charge in [0.05, 0.1) is 0 Å². The zero-order valence-corrected chi connectivity index (χ0v) is 9.53. The van der Waals surface area contributed by atoms with Gasteiger partial charge in [0.15, 0.2) is 4.60 Å². The van der Waals surface area contributed by atoms with Crippen molar-refractivity contribution >= 4 is 15.9 Å². The van der Waals surface area contributed by atoms with Crippen LogP contribution in [0.15, 0.2) is 4.60 Å². The average molecular weight is 261 g/mol. The van der Waals surface area contributed by atoms with Crippen LogP contribution in [0.2, 0.25) is 0 Å². The molecule has 2 atom stereocenters. The number of aliphatic hydroxyl groups is 1. The van der Waals surface area contributed by atoms with E-state index in [1.807, 2.05) is 0 Å². The van der Waals surface area contributed by atoms with Crippen LogP contribution in [-0.2, 0) is 12.6 Å². The largest absolute Gasteiger partial charge is 0.383 e. The Hall–Kier alpha value is -0.460. The zero-order chi connectivity index (χ0) is 10.3. The summed E-state index contributed by atoms with van der Waals surface area (Å²) in [6.07, 6.45) is 2.09. The van der Waals surface area contributed by atoms with E-state index in [0.717, 1.165) is 12.1 Å². The standard InChI is InChI=1S/C8H13BrN4O/c1-13-6(7(9)11-12-13)8(14)3-2-5(10)4-8/h5,14H,2-4,10H2,1H3. The molecule has 0 spiro atoms. The number of nitrogens with two attached hydrogens (primary N) is 1. The molecule has 3 N–H and O–H groups in total. The lowest BCUT2D eigenvalue weighted by molar-refractivity contribution is 0.0339. The molecule has 1 aliphatic rings. The first-order valence-corrected chi connectivity index (χ1v) is 5.36. The first kappa shape index (κ1) is 10.1. The number of nitrogens with zero attached hydrogens (tertiary/aromatic N) is 3. The van der Waals surface area contributed by atoms with Crippen molar-refractivity contribution in [2.45, 2.75) is 30.9 Å². The molecule has 0 bridgehead atoms. The van der Waals surface area contributed by atoms with Crippen LogP contribution in [0.1, 0.15) is 25.0 Å². The van der Waals surface area contributed by atoms with Gasteiger partial charge in [0.2, 0.25) is 0 Å². The van der Waals surface area contributed by atoms with Crippen LogP contribution in [-0.4, -0.2) is 26.1 Å². The van der Waals surface area contributed by atoms with E-state index in [4.69, 9.17) is 5.73 Å². The molecule has 0 radical (unpaired) electrons. The molecule has 78 valence electrons. The van der Waals surface area contributed by atoms with Gasteiger partial charge in [0, 0.05) is 13.1 Å². The van der Waals surface area contributed by atoms with Gasteiger partial charge in [-0.2, -0.15) is 0 Å². The molecular formula is C8H13BrN4O. The van der Waals surface area contributed by atoms with Crippen LogP contribution in [0.25, 0.3) is 0 Å². The Bertz CT molecular complexity index is 334. The second kappa shape index (κ2) is 3.29. The minimum Gasteiger partial charge on any atom is -0.383 e. The summed E-state index contributed by atoms with van der Waals surface area (Å²) in [6.45, 7) is 0. The van der Waals surface area contributed by atoms with Crippen molar-refractivity contribution in [3.8, 4) is 0 Å². The Kier molecular flexibility index (Phi) is 2.36. The molecule has 5 nitrogen and oxygen atoms in total. The summed E-state index contributed by atoms with van der Waals surface area (Å²) in [5, 5.41) is 18.1. The molecule has 1 aromatic rings. The first-order valence-electron chi connectivity index (χ1n) is 4.56. The van der Waals surface area contributed by atoms with Gasteiger partial charge in [0.25, 0.3) is 0 Å². The van der Waals surface area contributed by atoms with Crippen molar-refractivity contribution in [3.63, 3.8) is 0 Å². The Morgan fingerprint density at radius 1 is 1.71 bits per heavy atom. The Labute approximate surface area is 90.4 Å². The average Bonchev–Trinajstić information content (AvgIpc) is 2.58. The summed E-state index contributed by atoms with van der Waals surface area (Å²) >= 11 is 3.29. The maximum Gasteiger partial charge on any atom is 0.154 e. The van der Waals surface area contributed by atoms with Crippen LogP contribution in [0.5, 0.6) is 0 Å². The van der Waals surface area contributed by atoms with Gasteiger partial charge in [-0.05, 0) is 35.2 Å². The normalized spacial score (nSPS) is 32.4. The number of halogens is 1. The highest BCUT2D eigenvalue weighted by Crippen LogP contribution is 2.39. The van der Waals surface area contributed by atoms with Crippen LogP contribution in [0.3, 0.4) is 0 Å². The monoisotopic (exact) mass is 260 g/mol. The zero-order valence-electron chi connectivity index (χ0n) is 7.94. The second-order valence-corrected chi connectivity index (χ2v) is 4.64. The summed E-state index contributed by atoms with van der Waals surface area (Å²) in [7, 11) is 1.77. The van der Waals surface area contributed by atoms with E-state index in [1.54, 1.807) is 11.7 Å². The molecule has 1 fully saturated rings. The predicted octanol–water partition coefficient (Wildman–Crippen LogP) is 0.276. The molecule has 2 unspecified atom stereocenters. The van der Waals surface area contributed by atoms with Crippen LogP contribution in [0, 0.1) is 0 Å². The maximum absolute atomic E-state index is 10.4. The highest BCUT2D eigenvalue weighted by atomic mass is 79.9. The van der Waals surface area contributed by atoms with Crippen molar-refractivity contribution in [1.82, 2.24) is 15.0 Å². The van der Waals surface area contributed by atoms with Gasteiger partial charge >= 0.3 is 0 Å². The Morgan fingerprint density at radius 3 is 2.86 bits per heavy atom. The molecule has 6 heteroatoms. The van der Waals surface area contributed by atoms with E-state index < -0.39 is 5.60 Å². The molecule has 1 heterocycles. The van der Waals surface area contributed by atoms with Crippen LogP contribution < -0.4 is 5.73 Å². The molecular weight excluding hydrogens is 248 g/mol. The van der Waals surface area contributed by atoms with Crippen LogP contribution >= 0.6 is 15.9 Å². The summed E-state index contributed by atoms with van der Waals surface area (Å²) in [5.41, 5.74) is 5.65. The van der Waals surface area contributed by atoms with E-state index >= 15 is 0 Å². The maximum atomic E-state index is 10.4. The summed E-state index contributed by atoms with van der Waals surface area (Å²) in [6, 6.07) is 0.0711. The van der Waals surface area contributed by atoms with Crippen LogP contribution in [0.4, 0.5) is 0 Å². The fourth-order valence-electron chi connectivity index (χ4n) is 2.10. The molecule has 0 aliphatic heterocycles. The van der Waals surface area contributed by atoms with Gasteiger partial charge in [-0.3, -0.25) is 0 Å². The Balaban J connectivity index is 2.39. The van der Waals surface area contributed by atoms with E-state index in [-0.39, 0.29) is 6.04 Å². The van der Waals surface area contributed by atoms with Crippen molar-refractivity contribution in [2.24, 2.45) is 12.8 Å². The number of aryl methyl sites for hydroxylation is 1. The molecule has 1 aliphatic carbocycles. The minimum absolute atomic E-state index is 0.0711. The topological polar surface area (TPSA) is 77.0 Å². The lowest BCUT2D eigenvalue weighted by Crippen LogP contribution is -2.28. The quantitative estimate of drug-likeness (QED) is 0.761. The van der Waals surface area contributed by atoms with Gasteiger partial charge in [-0.15, -0.1) is 5.10 Å². The van der Waals surface area contributed by atoms with Crippen molar-refractivity contribution in [1.29, 1.82) is 0 Å².